The number of aliphatic imine (C=N–C) groups is 1. The first-order chi connectivity index (χ1) is 12.7. The highest BCUT2D eigenvalue weighted by Gasteiger charge is 2.18. The molecular formula is C19H33FIN5O2. The molecule has 1 amide bonds. The van der Waals surface area contributed by atoms with Crippen molar-refractivity contribution in [3.63, 3.8) is 0 Å². The lowest BCUT2D eigenvalue weighted by molar-refractivity contribution is 0.0523. The summed E-state index contributed by atoms with van der Waals surface area (Å²) in [6, 6.07) is 2.89. The van der Waals surface area contributed by atoms with Crippen LogP contribution in [0.4, 0.5) is 9.18 Å². The SMILES string of the molecule is CCCCC(CNC(=O)OC(C)(C)C)NC(=NC)NCc1ncccc1F.I. The first-order valence-electron chi connectivity index (χ1n) is 9.28. The molecule has 3 N–H and O–H groups in total. The molecule has 1 heterocycles. The average molecular weight is 509 g/mol. The third-order valence-corrected chi connectivity index (χ3v) is 3.62. The van der Waals surface area contributed by atoms with Gasteiger partial charge in [0.1, 0.15) is 11.4 Å². The van der Waals surface area contributed by atoms with Gasteiger partial charge >= 0.3 is 6.09 Å². The van der Waals surface area contributed by atoms with Crippen molar-refractivity contribution in [1.82, 2.24) is 20.9 Å². The van der Waals surface area contributed by atoms with Crippen LogP contribution >= 0.6 is 24.0 Å². The number of hydrogen-bond donors (Lipinski definition) is 3. The minimum atomic E-state index is -0.541. The van der Waals surface area contributed by atoms with Crippen molar-refractivity contribution >= 4 is 36.0 Å². The van der Waals surface area contributed by atoms with E-state index in [4.69, 9.17) is 4.74 Å². The number of nitrogens with zero attached hydrogens (tertiary/aromatic N) is 2. The predicted molar refractivity (Wildman–Crippen MR) is 120 cm³/mol. The molecule has 28 heavy (non-hydrogen) atoms. The Hall–Kier alpha value is -1.65. The smallest absolute Gasteiger partial charge is 0.407 e. The van der Waals surface area contributed by atoms with Crippen LogP contribution in [0.15, 0.2) is 23.3 Å². The van der Waals surface area contributed by atoms with Gasteiger partial charge in [-0.1, -0.05) is 19.8 Å². The highest BCUT2D eigenvalue weighted by atomic mass is 127. The fourth-order valence-corrected chi connectivity index (χ4v) is 2.30. The van der Waals surface area contributed by atoms with Gasteiger partial charge in [0.25, 0.3) is 0 Å². The summed E-state index contributed by atoms with van der Waals surface area (Å²) in [6.07, 6.45) is 3.98. The fourth-order valence-electron chi connectivity index (χ4n) is 2.30. The van der Waals surface area contributed by atoms with Gasteiger partial charge in [-0.3, -0.25) is 9.98 Å². The highest BCUT2D eigenvalue weighted by molar-refractivity contribution is 14.0. The molecule has 7 nitrogen and oxygen atoms in total. The van der Waals surface area contributed by atoms with Crippen LogP contribution in [0.1, 0.15) is 52.7 Å². The van der Waals surface area contributed by atoms with Gasteiger partial charge in [0.2, 0.25) is 0 Å². The van der Waals surface area contributed by atoms with Crippen LogP contribution in [0.25, 0.3) is 0 Å². The minimum Gasteiger partial charge on any atom is -0.444 e. The first-order valence-corrected chi connectivity index (χ1v) is 9.28. The Morgan fingerprint density at radius 1 is 1.36 bits per heavy atom. The molecule has 1 rings (SSSR count). The number of amides is 1. The van der Waals surface area contributed by atoms with Crippen LogP contribution in [0.2, 0.25) is 0 Å². The molecule has 0 aliphatic carbocycles. The molecule has 0 aliphatic heterocycles. The summed E-state index contributed by atoms with van der Waals surface area (Å²) in [5.74, 6) is 0.154. The van der Waals surface area contributed by atoms with Gasteiger partial charge in [-0.25, -0.2) is 9.18 Å². The van der Waals surface area contributed by atoms with Gasteiger partial charge in [0.05, 0.1) is 12.2 Å². The van der Waals surface area contributed by atoms with Crippen LogP contribution in [-0.2, 0) is 11.3 Å². The van der Waals surface area contributed by atoms with Crippen LogP contribution in [0.5, 0.6) is 0 Å². The van der Waals surface area contributed by atoms with E-state index in [1.165, 1.54) is 6.07 Å². The van der Waals surface area contributed by atoms with Crippen molar-refractivity contribution in [3.05, 3.63) is 29.8 Å². The molecule has 0 bridgehead atoms. The van der Waals surface area contributed by atoms with E-state index in [2.05, 4.69) is 32.9 Å². The number of pyridine rings is 1. The summed E-state index contributed by atoms with van der Waals surface area (Å²) >= 11 is 0. The topological polar surface area (TPSA) is 87.6 Å². The molecule has 9 heteroatoms. The molecule has 1 unspecified atom stereocenters. The molecule has 0 aromatic carbocycles. The minimum absolute atomic E-state index is 0. The van der Waals surface area contributed by atoms with E-state index in [9.17, 15) is 9.18 Å². The van der Waals surface area contributed by atoms with Crippen molar-refractivity contribution in [3.8, 4) is 0 Å². The lowest BCUT2D eigenvalue weighted by Gasteiger charge is -2.24. The van der Waals surface area contributed by atoms with Crippen molar-refractivity contribution in [1.29, 1.82) is 0 Å². The molecule has 0 saturated carbocycles. The summed E-state index contributed by atoms with van der Waals surface area (Å²) < 4.78 is 19.0. The predicted octanol–water partition coefficient (Wildman–Crippen LogP) is 3.59. The number of carbonyl (C=O) groups excluding carboxylic acids is 1. The molecule has 0 aliphatic rings. The number of unbranched alkanes of at least 4 members (excludes halogenated alkanes) is 1. The molecule has 1 aromatic heterocycles. The number of alkyl carbamates (subject to hydrolysis) is 1. The van der Waals surface area contributed by atoms with Gasteiger partial charge in [-0.2, -0.15) is 0 Å². The number of guanidine groups is 1. The maximum atomic E-state index is 13.7. The van der Waals surface area contributed by atoms with E-state index in [0.717, 1.165) is 19.3 Å². The standard InChI is InChI=1S/C19H32FN5O2.HI/c1-6-7-9-14(12-24-18(26)27-19(2,3)4)25-17(21-5)23-13-16-15(20)10-8-11-22-16;/h8,10-11,14H,6-7,9,12-13H2,1-5H3,(H,24,26)(H2,21,23,25);1H. The van der Waals surface area contributed by atoms with Crippen molar-refractivity contribution < 1.29 is 13.9 Å². The number of nitrogens with one attached hydrogen (secondary N) is 3. The lowest BCUT2D eigenvalue weighted by atomic mass is 10.1. The Morgan fingerprint density at radius 2 is 2.07 bits per heavy atom. The van der Waals surface area contributed by atoms with Crippen molar-refractivity contribution in [2.75, 3.05) is 13.6 Å². The zero-order valence-electron chi connectivity index (χ0n) is 17.3. The molecule has 0 saturated heterocycles. The fraction of sp³-hybridized carbons (Fsp3) is 0.632. The Labute approximate surface area is 184 Å². The third-order valence-electron chi connectivity index (χ3n) is 3.62. The van der Waals surface area contributed by atoms with Gasteiger partial charge in [0.15, 0.2) is 5.96 Å². The van der Waals surface area contributed by atoms with E-state index in [1.807, 2.05) is 20.8 Å². The van der Waals surface area contributed by atoms with E-state index in [0.29, 0.717) is 18.2 Å². The van der Waals surface area contributed by atoms with Crippen LogP contribution in [-0.4, -0.2) is 42.3 Å². The molecular weight excluding hydrogens is 476 g/mol. The Morgan fingerprint density at radius 3 is 2.64 bits per heavy atom. The van der Waals surface area contributed by atoms with Crippen LogP contribution < -0.4 is 16.0 Å². The summed E-state index contributed by atoms with van der Waals surface area (Å²) in [5.41, 5.74) is -0.224. The first kappa shape index (κ1) is 26.4. The Kier molecular flexibility index (Phi) is 12.7. The maximum absolute atomic E-state index is 13.7. The molecule has 1 aromatic rings. The quantitative estimate of drug-likeness (QED) is 0.283. The van der Waals surface area contributed by atoms with E-state index in [1.54, 1.807) is 19.3 Å². The third kappa shape index (κ3) is 11.3. The number of aromatic nitrogens is 1. The Bertz CT molecular complexity index is 623. The molecule has 0 radical (unpaired) electrons. The molecule has 1 atom stereocenters. The van der Waals surface area contributed by atoms with Crippen molar-refractivity contribution in [2.24, 2.45) is 4.99 Å². The van der Waals surface area contributed by atoms with Crippen molar-refractivity contribution in [2.45, 2.75) is 65.1 Å². The number of hydrogen-bond acceptors (Lipinski definition) is 4. The summed E-state index contributed by atoms with van der Waals surface area (Å²) in [6.45, 7) is 8.18. The Balaban J connectivity index is 0.00000729. The lowest BCUT2D eigenvalue weighted by Crippen LogP contribution is -2.48. The van der Waals surface area contributed by atoms with E-state index in [-0.39, 0.29) is 42.4 Å². The molecule has 0 fully saturated rings. The second kappa shape index (κ2) is 13.5. The monoisotopic (exact) mass is 509 g/mol. The molecule has 160 valence electrons. The molecule has 0 spiro atoms. The van der Waals surface area contributed by atoms with Crippen LogP contribution in [0.3, 0.4) is 0 Å². The largest absolute Gasteiger partial charge is 0.444 e. The normalized spacial score (nSPS) is 12.6. The summed E-state index contributed by atoms with van der Waals surface area (Å²) in [5, 5.41) is 9.10. The maximum Gasteiger partial charge on any atom is 0.407 e. The zero-order chi connectivity index (χ0) is 20.3. The van der Waals surface area contributed by atoms with Gasteiger partial charge in [0, 0.05) is 25.8 Å². The highest BCUT2D eigenvalue weighted by Crippen LogP contribution is 2.07. The second-order valence-corrected chi connectivity index (χ2v) is 7.22. The second-order valence-electron chi connectivity index (χ2n) is 7.22. The van der Waals surface area contributed by atoms with Gasteiger partial charge in [-0.15, -0.1) is 24.0 Å². The average Bonchev–Trinajstić information content (AvgIpc) is 2.60. The van der Waals surface area contributed by atoms with E-state index >= 15 is 0 Å². The van der Waals surface area contributed by atoms with E-state index < -0.39 is 11.7 Å². The number of carbonyl (C=O) groups is 1. The van der Waals surface area contributed by atoms with Crippen LogP contribution in [0, 0.1) is 5.82 Å². The number of halogens is 2. The number of ether oxygens (including phenoxy) is 1. The summed E-state index contributed by atoms with van der Waals surface area (Å²) in [7, 11) is 1.64. The zero-order valence-corrected chi connectivity index (χ0v) is 19.7. The van der Waals surface area contributed by atoms with Gasteiger partial charge in [-0.05, 0) is 39.3 Å². The van der Waals surface area contributed by atoms with Gasteiger partial charge < -0.3 is 20.7 Å². The summed E-state index contributed by atoms with van der Waals surface area (Å²) in [4.78, 5) is 20.1. The number of rotatable bonds is 8.